The third kappa shape index (κ3) is 20.2. The van der Waals surface area contributed by atoms with Crippen LogP contribution in [0.2, 0.25) is 0 Å². The van der Waals surface area contributed by atoms with Gasteiger partial charge in [-0.1, -0.05) is 111 Å². The molecule has 0 amide bonds. The van der Waals surface area contributed by atoms with Crippen LogP contribution in [0.1, 0.15) is 130 Å². The molecule has 26 heavy (non-hydrogen) atoms. The standard InChI is InChI=1S/C24H50O2/c1-4-7-9-11-13-15-17-19-21-25-23-24(6-3)26-22-20-18-16-14-12-10-8-5-2/h24H,4-23H2,1-3H3. The summed E-state index contributed by atoms with van der Waals surface area (Å²) in [5.41, 5.74) is 0. The van der Waals surface area contributed by atoms with Crippen LogP contribution in [0.25, 0.3) is 0 Å². The molecule has 0 aromatic rings. The maximum Gasteiger partial charge on any atom is 0.0805 e. The molecule has 0 rings (SSSR count). The van der Waals surface area contributed by atoms with E-state index >= 15 is 0 Å². The third-order valence-electron chi connectivity index (χ3n) is 5.25. The van der Waals surface area contributed by atoms with Crippen LogP contribution in [0, 0.1) is 0 Å². The van der Waals surface area contributed by atoms with Gasteiger partial charge in [0.15, 0.2) is 0 Å². The molecule has 0 heterocycles. The van der Waals surface area contributed by atoms with Crippen LogP contribution in [-0.4, -0.2) is 25.9 Å². The van der Waals surface area contributed by atoms with Crippen molar-refractivity contribution in [3.8, 4) is 0 Å². The largest absolute Gasteiger partial charge is 0.379 e. The van der Waals surface area contributed by atoms with Crippen LogP contribution in [0.5, 0.6) is 0 Å². The maximum absolute atomic E-state index is 5.99. The van der Waals surface area contributed by atoms with Gasteiger partial charge in [0.05, 0.1) is 12.7 Å². The van der Waals surface area contributed by atoms with Gasteiger partial charge in [0.2, 0.25) is 0 Å². The average molecular weight is 371 g/mol. The summed E-state index contributed by atoms with van der Waals surface area (Å²) in [6, 6.07) is 0. The van der Waals surface area contributed by atoms with Crippen molar-refractivity contribution in [2.45, 2.75) is 136 Å². The molecule has 1 unspecified atom stereocenters. The van der Waals surface area contributed by atoms with E-state index in [0.717, 1.165) is 26.2 Å². The van der Waals surface area contributed by atoms with E-state index in [-0.39, 0.29) is 0 Å². The highest BCUT2D eigenvalue weighted by Crippen LogP contribution is 2.10. The van der Waals surface area contributed by atoms with Gasteiger partial charge in [0.25, 0.3) is 0 Å². The molecule has 0 aliphatic heterocycles. The molecule has 2 nitrogen and oxygen atoms in total. The Bertz CT molecular complexity index is 242. The summed E-state index contributed by atoms with van der Waals surface area (Å²) >= 11 is 0. The molecule has 0 saturated heterocycles. The molecular formula is C24H50O2. The van der Waals surface area contributed by atoms with E-state index in [2.05, 4.69) is 20.8 Å². The summed E-state index contributed by atoms with van der Waals surface area (Å²) in [6.45, 7) is 9.37. The molecule has 1 atom stereocenters. The van der Waals surface area contributed by atoms with Gasteiger partial charge in [-0.25, -0.2) is 0 Å². The number of hydrogen-bond acceptors (Lipinski definition) is 2. The Morgan fingerprint density at radius 1 is 0.500 bits per heavy atom. The van der Waals surface area contributed by atoms with Crippen LogP contribution < -0.4 is 0 Å². The molecule has 0 aromatic heterocycles. The van der Waals surface area contributed by atoms with Gasteiger partial charge in [-0.2, -0.15) is 0 Å². The van der Waals surface area contributed by atoms with Crippen molar-refractivity contribution in [3.63, 3.8) is 0 Å². The lowest BCUT2D eigenvalue weighted by Crippen LogP contribution is -2.20. The molecule has 0 aliphatic carbocycles. The molecule has 0 radical (unpaired) electrons. The normalized spacial score (nSPS) is 12.6. The van der Waals surface area contributed by atoms with Crippen LogP contribution in [0.3, 0.4) is 0 Å². The van der Waals surface area contributed by atoms with Gasteiger partial charge >= 0.3 is 0 Å². The molecule has 0 N–H and O–H groups in total. The Hall–Kier alpha value is -0.0800. The summed E-state index contributed by atoms with van der Waals surface area (Å²) in [7, 11) is 0. The lowest BCUT2D eigenvalue weighted by atomic mass is 10.1. The lowest BCUT2D eigenvalue weighted by Gasteiger charge is -2.16. The second-order valence-corrected chi connectivity index (χ2v) is 7.93. The van der Waals surface area contributed by atoms with E-state index < -0.39 is 0 Å². The van der Waals surface area contributed by atoms with Gasteiger partial charge in [-0.3, -0.25) is 0 Å². The van der Waals surface area contributed by atoms with Gasteiger partial charge in [-0.15, -0.1) is 0 Å². The summed E-state index contributed by atoms with van der Waals surface area (Å²) < 4.78 is 11.8. The first-order valence-corrected chi connectivity index (χ1v) is 12.0. The summed E-state index contributed by atoms with van der Waals surface area (Å²) in [4.78, 5) is 0. The van der Waals surface area contributed by atoms with E-state index in [1.807, 2.05) is 0 Å². The first-order chi connectivity index (χ1) is 12.8. The second-order valence-electron chi connectivity index (χ2n) is 7.93. The average Bonchev–Trinajstić information content (AvgIpc) is 2.66. The van der Waals surface area contributed by atoms with E-state index in [1.54, 1.807) is 0 Å². The Morgan fingerprint density at radius 2 is 0.923 bits per heavy atom. The predicted octanol–water partition coefficient (Wildman–Crippen LogP) is 8.08. The monoisotopic (exact) mass is 370 g/mol. The Morgan fingerprint density at radius 3 is 1.38 bits per heavy atom. The van der Waals surface area contributed by atoms with Crippen LogP contribution in [0.15, 0.2) is 0 Å². The van der Waals surface area contributed by atoms with Crippen LogP contribution >= 0.6 is 0 Å². The van der Waals surface area contributed by atoms with E-state index in [1.165, 1.54) is 103 Å². The minimum atomic E-state index is 0.300. The number of rotatable bonds is 22. The van der Waals surface area contributed by atoms with Crippen molar-refractivity contribution in [2.75, 3.05) is 19.8 Å². The smallest absolute Gasteiger partial charge is 0.0805 e. The van der Waals surface area contributed by atoms with Crippen molar-refractivity contribution >= 4 is 0 Å². The van der Waals surface area contributed by atoms with Gasteiger partial charge in [0.1, 0.15) is 0 Å². The molecule has 0 bridgehead atoms. The topological polar surface area (TPSA) is 18.5 Å². The van der Waals surface area contributed by atoms with Crippen molar-refractivity contribution in [2.24, 2.45) is 0 Å². The highest BCUT2D eigenvalue weighted by molar-refractivity contribution is 4.55. The first-order valence-electron chi connectivity index (χ1n) is 12.0. The van der Waals surface area contributed by atoms with Gasteiger partial charge < -0.3 is 9.47 Å². The highest BCUT2D eigenvalue weighted by atomic mass is 16.5. The van der Waals surface area contributed by atoms with E-state index in [0.29, 0.717) is 6.10 Å². The second kappa shape index (κ2) is 23.0. The minimum absolute atomic E-state index is 0.300. The van der Waals surface area contributed by atoms with Crippen molar-refractivity contribution < 1.29 is 9.47 Å². The molecule has 0 spiro atoms. The Kier molecular flexibility index (Phi) is 22.9. The fourth-order valence-electron chi connectivity index (χ4n) is 3.32. The van der Waals surface area contributed by atoms with Gasteiger partial charge in [0, 0.05) is 13.2 Å². The number of ether oxygens (including phenoxy) is 2. The summed E-state index contributed by atoms with van der Waals surface area (Å²) in [5, 5.41) is 0. The minimum Gasteiger partial charge on any atom is -0.379 e. The number of unbranched alkanes of at least 4 members (excludes halogenated alkanes) is 14. The SMILES string of the molecule is CCCCCCCCCCOCC(CC)OCCCCCCCCCC. The molecule has 0 saturated carbocycles. The zero-order valence-corrected chi connectivity index (χ0v) is 18.5. The Balaban J connectivity index is 3.28. The quantitative estimate of drug-likeness (QED) is 0.179. The molecule has 0 aliphatic rings. The molecule has 158 valence electrons. The van der Waals surface area contributed by atoms with E-state index in [9.17, 15) is 0 Å². The van der Waals surface area contributed by atoms with Crippen molar-refractivity contribution in [1.29, 1.82) is 0 Å². The van der Waals surface area contributed by atoms with Crippen LogP contribution in [-0.2, 0) is 9.47 Å². The maximum atomic E-state index is 5.99. The highest BCUT2D eigenvalue weighted by Gasteiger charge is 2.06. The predicted molar refractivity (Wildman–Crippen MR) is 116 cm³/mol. The number of hydrogen-bond donors (Lipinski definition) is 0. The van der Waals surface area contributed by atoms with E-state index in [4.69, 9.17) is 9.47 Å². The van der Waals surface area contributed by atoms with Gasteiger partial charge in [-0.05, 0) is 19.3 Å². The zero-order valence-electron chi connectivity index (χ0n) is 18.5. The summed E-state index contributed by atoms with van der Waals surface area (Å²) in [5.74, 6) is 0. The Labute approximate surface area is 165 Å². The lowest BCUT2D eigenvalue weighted by molar-refractivity contribution is -0.0200. The fraction of sp³-hybridized carbons (Fsp3) is 1.00. The molecular weight excluding hydrogens is 320 g/mol. The first kappa shape index (κ1) is 25.9. The molecule has 2 heteroatoms. The summed E-state index contributed by atoms with van der Waals surface area (Å²) in [6.07, 6.45) is 23.1. The zero-order chi connectivity index (χ0) is 19.1. The van der Waals surface area contributed by atoms with Crippen LogP contribution in [0.4, 0.5) is 0 Å². The molecule has 0 aromatic carbocycles. The fourth-order valence-corrected chi connectivity index (χ4v) is 3.32. The van der Waals surface area contributed by atoms with Crippen molar-refractivity contribution in [1.82, 2.24) is 0 Å². The molecule has 0 fully saturated rings. The third-order valence-corrected chi connectivity index (χ3v) is 5.25. The van der Waals surface area contributed by atoms with Crippen molar-refractivity contribution in [3.05, 3.63) is 0 Å².